The summed E-state index contributed by atoms with van der Waals surface area (Å²) >= 11 is 6.07. The minimum atomic E-state index is -3.62. The molecule has 27 heavy (non-hydrogen) atoms. The second-order valence-electron chi connectivity index (χ2n) is 7.32. The van der Waals surface area contributed by atoms with E-state index in [0.717, 1.165) is 12.8 Å². The molecule has 1 heterocycles. The molecule has 0 unspecified atom stereocenters. The first kappa shape index (κ1) is 20.4. The van der Waals surface area contributed by atoms with E-state index in [2.05, 4.69) is 5.32 Å². The average molecular weight is 415 g/mol. The molecule has 1 aromatic carbocycles. The maximum Gasteiger partial charge on any atom is 0.243 e. The second kappa shape index (κ2) is 8.80. The minimum absolute atomic E-state index is 0.0754. The Bertz CT molecular complexity index is 770. The van der Waals surface area contributed by atoms with E-state index in [4.69, 9.17) is 16.3 Å². The summed E-state index contributed by atoms with van der Waals surface area (Å²) in [4.78, 5) is 12.6. The van der Waals surface area contributed by atoms with Crippen LogP contribution in [-0.4, -0.2) is 44.9 Å². The number of sulfonamides is 1. The molecule has 1 amide bonds. The molecule has 1 aromatic rings. The lowest BCUT2D eigenvalue weighted by Gasteiger charge is -2.32. The SMILES string of the molecule is COc1ccc(S(=O)(=O)N2CCC(C(=O)NC3CCCCC3)CC2)cc1Cl. The van der Waals surface area contributed by atoms with Crippen LogP contribution in [0.25, 0.3) is 0 Å². The van der Waals surface area contributed by atoms with Crippen molar-refractivity contribution in [1.82, 2.24) is 9.62 Å². The summed E-state index contributed by atoms with van der Waals surface area (Å²) in [5.41, 5.74) is 0. The number of hydrogen-bond donors (Lipinski definition) is 1. The zero-order chi connectivity index (χ0) is 19.4. The highest BCUT2D eigenvalue weighted by molar-refractivity contribution is 7.89. The van der Waals surface area contributed by atoms with Gasteiger partial charge >= 0.3 is 0 Å². The summed E-state index contributed by atoms with van der Waals surface area (Å²) in [6, 6.07) is 4.76. The fraction of sp³-hybridized carbons (Fsp3) is 0.632. The Labute approximate surface area is 166 Å². The molecular formula is C19H27ClN2O4S. The van der Waals surface area contributed by atoms with Crippen LogP contribution < -0.4 is 10.1 Å². The van der Waals surface area contributed by atoms with Gasteiger partial charge in [-0.3, -0.25) is 4.79 Å². The lowest BCUT2D eigenvalue weighted by Crippen LogP contribution is -2.45. The molecular weight excluding hydrogens is 388 g/mol. The first-order chi connectivity index (χ1) is 12.9. The van der Waals surface area contributed by atoms with Crippen LogP contribution in [0.1, 0.15) is 44.9 Å². The van der Waals surface area contributed by atoms with Crippen LogP contribution >= 0.6 is 11.6 Å². The fourth-order valence-corrected chi connectivity index (χ4v) is 5.70. The molecule has 6 nitrogen and oxygen atoms in total. The largest absolute Gasteiger partial charge is 0.495 e. The molecule has 0 aromatic heterocycles. The van der Waals surface area contributed by atoms with Gasteiger partial charge in [0.1, 0.15) is 5.75 Å². The predicted octanol–water partition coefficient (Wildman–Crippen LogP) is 3.20. The maximum atomic E-state index is 12.9. The molecule has 1 saturated carbocycles. The van der Waals surface area contributed by atoms with Crippen molar-refractivity contribution >= 4 is 27.5 Å². The number of rotatable bonds is 5. The van der Waals surface area contributed by atoms with Crippen molar-refractivity contribution in [1.29, 1.82) is 0 Å². The van der Waals surface area contributed by atoms with E-state index >= 15 is 0 Å². The van der Waals surface area contributed by atoms with Crippen molar-refractivity contribution in [3.63, 3.8) is 0 Å². The third-order valence-electron chi connectivity index (χ3n) is 5.54. The maximum absolute atomic E-state index is 12.9. The van der Waals surface area contributed by atoms with E-state index in [0.29, 0.717) is 31.7 Å². The van der Waals surface area contributed by atoms with Crippen molar-refractivity contribution in [2.24, 2.45) is 5.92 Å². The van der Waals surface area contributed by atoms with Crippen LogP contribution in [0.4, 0.5) is 0 Å². The Morgan fingerprint density at radius 2 is 1.81 bits per heavy atom. The zero-order valence-corrected chi connectivity index (χ0v) is 17.2. The van der Waals surface area contributed by atoms with Crippen molar-refractivity contribution in [2.75, 3.05) is 20.2 Å². The zero-order valence-electron chi connectivity index (χ0n) is 15.6. The van der Waals surface area contributed by atoms with Gasteiger partial charge in [-0.2, -0.15) is 4.31 Å². The highest BCUT2D eigenvalue weighted by atomic mass is 35.5. The van der Waals surface area contributed by atoms with Gasteiger partial charge in [0.25, 0.3) is 0 Å². The normalized spacial score (nSPS) is 20.4. The molecule has 0 bridgehead atoms. The molecule has 1 aliphatic heterocycles. The van der Waals surface area contributed by atoms with Gasteiger partial charge in [0, 0.05) is 25.0 Å². The molecule has 0 radical (unpaired) electrons. The molecule has 0 atom stereocenters. The summed E-state index contributed by atoms with van der Waals surface area (Å²) < 4.78 is 32.2. The van der Waals surface area contributed by atoms with Crippen LogP contribution in [0, 0.1) is 5.92 Å². The molecule has 150 valence electrons. The second-order valence-corrected chi connectivity index (χ2v) is 9.66. The Morgan fingerprint density at radius 1 is 1.15 bits per heavy atom. The summed E-state index contributed by atoms with van der Waals surface area (Å²) in [5, 5.41) is 3.42. The number of ether oxygens (including phenoxy) is 1. The van der Waals surface area contributed by atoms with E-state index in [1.54, 1.807) is 6.07 Å². The number of piperidine rings is 1. The number of halogens is 1. The van der Waals surface area contributed by atoms with E-state index in [1.807, 2.05) is 0 Å². The number of carbonyl (C=O) groups excluding carboxylic acids is 1. The van der Waals surface area contributed by atoms with Gasteiger partial charge in [-0.25, -0.2) is 8.42 Å². The van der Waals surface area contributed by atoms with Crippen LogP contribution in [0.2, 0.25) is 5.02 Å². The van der Waals surface area contributed by atoms with Crippen molar-refractivity contribution in [2.45, 2.75) is 55.9 Å². The molecule has 8 heteroatoms. The monoisotopic (exact) mass is 414 g/mol. The smallest absolute Gasteiger partial charge is 0.243 e. The summed E-state index contributed by atoms with van der Waals surface area (Å²) in [7, 11) is -2.14. The highest BCUT2D eigenvalue weighted by Crippen LogP contribution is 2.30. The molecule has 2 fully saturated rings. The predicted molar refractivity (Wildman–Crippen MR) is 105 cm³/mol. The molecule has 1 aliphatic carbocycles. The van der Waals surface area contributed by atoms with Crippen LogP contribution in [-0.2, 0) is 14.8 Å². The number of hydrogen-bond acceptors (Lipinski definition) is 4. The number of benzene rings is 1. The third-order valence-corrected chi connectivity index (χ3v) is 7.73. The van der Waals surface area contributed by atoms with Gasteiger partial charge < -0.3 is 10.1 Å². The Balaban J connectivity index is 1.59. The fourth-order valence-electron chi connectivity index (χ4n) is 3.88. The molecule has 2 aliphatic rings. The minimum Gasteiger partial charge on any atom is -0.495 e. The lowest BCUT2D eigenvalue weighted by molar-refractivity contribution is -0.127. The van der Waals surface area contributed by atoms with Crippen molar-refractivity contribution < 1.29 is 17.9 Å². The van der Waals surface area contributed by atoms with Crippen LogP contribution in [0.15, 0.2) is 23.1 Å². The van der Waals surface area contributed by atoms with E-state index in [1.165, 1.54) is 42.8 Å². The van der Waals surface area contributed by atoms with Crippen LogP contribution in [0.3, 0.4) is 0 Å². The van der Waals surface area contributed by atoms with Gasteiger partial charge in [0.15, 0.2) is 0 Å². The highest BCUT2D eigenvalue weighted by Gasteiger charge is 2.33. The average Bonchev–Trinajstić information content (AvgIpc) is 2.68. The summed E-state index contributed by atoms with van der Waals surface area (Å²) in [6.07, 6.45) is 6.79. The van der Waals surface area contributed by atoms with E-state index in [-0.39, 0.29) is 27.8 Å². The Kier molecular flexibility index (Phi) is 6.65. The van der Waals surface area contributed by atoms with Gasteiger partial charge in [-0.05, 0) is 43.9 Å². The standard InChI is InChI=1S/C19H27ClN2O4S/c1-26-18-8-7-16(13-17(18)20)27(24,25)22-11-9-14(10-12-22)19(23)21-15-5-3-2-4-6-15/h7-8,13-15H,2-6,9-12H2,1H3,(H,21,23). The molecule has 0 spiro atoms. The lowest BCUT2D eigenvalue weighted by atomic mass is 9.93. The molecule has 1 N–H and O–H groups in total. The third kappa shape index (κ3) is 4.76. The first-order valence-electron chi connectivity index (χ1n) is 9.56. The number of nitrogens with zero attached hydrogens (tertiary/aromatic N) is 1. The van der Waals surface area contributed by atoms with Gasteiger partial charge in [0.2, 0.25) is 15.9 Å². The van der Waals surface area contributed by atoms with Crippen molar-refractivity contribution in [3.8, 4) is 5.75 Å². The Morgan fingerprint density at radius 3 is 2.41 bits per heavy atom. The molecule has 1 saturated heterocycles. The quantitative estimate of drug-likeness (QED) is 0.802. The number of methoxy groups -OCH3 is 1. The van der Waals surface area contributed by atoms with E-state index in [9.17, 15) is 13.2 Å². The summed E-state index contributed by atoms with van der Waals surface area (Å²) in [5.74, 6) is 0.401. The topological polar surface area (TPSA) is 75.7 Å². The number of carbonyl (C=O) groups is 1. The Hall–Kier alpha value is -1.31. The molecule has 3 rings (SSSR count). The number of nitrogens with one attached hydrogen (secondary N) is 1. The van der Waals surface area contributed by atoms with E-state index < -0.39 is 10.0 Å². The van der Waals surface area contributed by atoms with Gasteiger partial charge in [-0.15, -0.1) is 0 Å². The van der Waals surface area contributed by atoms with Crippen LogP contribution in [0.5, 0.6) is 5.75 Å². The first-order valence-corrected chi connectivity index (χ1v) is 11.4. The van der Waals surface area contributed by atoms with Crippen molar-refractivity contribution in [3.05, 3.63) is 23.2 Å². The summed E-state index contributed by atoms with van der Waals surface area (Å²) in [6.45, 7) is 0.684. The number of amides is 1. The van der Waals surface area contributed by atoms with Gasteiger partial charge in [0.05, 0.1) is 17.0 Å². The van der Waals surface area contributed by atoms with Gasteiger partial charge in [-0.1, -0.05) is 30.9 Å².